The molecule has 0 spiro atoms. The molecule has 1 saturated heterocycles. The monoisotopic (exact) mass is 516 g/mol. The van der Waals surface area contributed by atoms with Crippen molar-refractivity contribution in [2.45, 2.75) is 6.61 Å². The molecule has 2 N–H and O–H groups in total. The van der Waals surface area contributed by atoms with Crippen LogP contribution in [0.2, 0.25) is 0 Å². The number of methoxy groups -OCH3 is 1. The number of aromatic carboxylic acids is 1. The summed E-state index contributed by atoms with van der Waals surface area (Å²) in [5.41, 5.74) is 0.896. The number of hydrogen-bond acceptors (Lipinski definition) is 8. The van der Waals surface area contributed by atoms with E-state index in [1.54, 1.807) is 36.4 Å². The van der Waals surface area contributed by atoms with Crippen molar-refractivity contribution in [3.05, 3.63) is 82.9 Å². The fourth-order valence-corrected chi connectivity index (χ4v) is 3.98. The number of anilines is 1. The molecule has 4 amide bonds. The first-order valence-corrected chi connectivity index (χ1v) is 11.3. The zero-order valence-corrected chi connectivity index (χ0v) is 19.9. The molecule has 0 unspecified atom stereocenters. The first kappa shape index (κ1) is 24.4. The van der Waals surface area contributed by atoms with Gasteiger partial charge in [0.05, 0.1) is 18.4 Å². The van der Waals surface area contributed by atoms with Gasteiger partial charge in [-0.25, -0.2) is 14.5 Å². The molecule has 2 aliphatic rings. The highest BCUT2D eigenvalue weighted by Crippen LogP contribution is 2.37. The minimum Gasteiger partial charge on any atom is -0.493 e. The number of hydrogen-bond donors (Lipinski definition) is 2. The van der Waals surface area contributed by atoms with E-state index in [9.17, 15) is 24.3 Å². The van der Waals surface area contributed by atoms with Crippen molar-refractivity contribution in [1.29, 1.82) is 0 Å². The van der Waals surface area contributed by atoms with Gasteiger partial charge in [0.15, 0.2) is 23.0 Å². The van der Waals surface area contributed by atoms with Crippen LogP contribution in [0.1, 0.15) is 21.5 Å². The number of nitrogens with one attached hydrogen (secondary N) is 1. The molecule has 3 aromatic carbocycles. The van der Waals surface area contributed by atoms with Gasteiger partial charge in [0.25, 0.3) is 11.8 Å². The molecule has 0 aromatic heterocycles. The number of benzene rings is 3. The summed E-state index contributed by atoms with van der Waals surface area (Å²) in [7, 11) is 1.43. The van der Waals surface area contributed by atoms with Crippen LogP contribution in [0.25, 0.3) is 6.08 Å². The topological polar surface area (TPSA) is 141 Å². The van der Waals surface area contributed by atoms with Gasteiger partial charge in [0.2, 0.25) is 6.79 Å². The summed E-state index contributed by atoms with van der Waals surface area (Å²) < 4.78 is 22.0. The quantitative estimate of drug-likeness (QED) is 0.357. The summed E-state index contributed by atoms with van der Waals surface area (Å²) in [6.07, 6.45) is 1.30. The zero-order valence-electron chi connectivity index (χ0n) is 19.9. The van der Waals surface area contributed by atoms with Gasteiger partial charge in [0, 0.05) is 11.6 Å². The second kappa shape index (κ2) is 9.97. The number of rotatable bonds is 7. The summed E-state index contributed by atoms with van der Waals surface area (Å²) in [4.78, 5) is 50.8. The third kappa shape index (κ3) is 4.60. The van der Waals surface area contributed by atoms with Crippen LogP contribution in [0.5, 0.6) is 23.0 Å². The summed E-state index contributed by atoms with van der Waals surface area (Å²) in [6.45, 7) is 0.00139. The van der Waals surface area contributed by atoms with Crippen LogP contribution in [-0.4, -0.2) is 42.8 Å². The van der Waals surface area contributed by atoms with E-state index in [0.717, 1.165) is 4.90 Å². The van der Waals surface area contributed by atoms with Gasteiger partial charge in [-0.15, -0.1) is 0 Å². The van der Waals surface area contributed by atoms with Crippen molar-refractivity contribution in [2.75, 3.05) is 18.8 Å². The summed E-state index contributed by atoms with van der Waals surface area (Å²) in [5.74, 6) is -1.42. The molecule has 0 radical (unpaired) electrons. The molecule has 3 aromatic rings. The third-order valence-corrected chi connectivity index (χ3v) is 5.80. The molecule has 11 heteroatoms. The van der Waals surface area contributed by atoms with E-state index in [1.165, 1.54) is 37.5 Å². The molecule has 5 rings (SSSR count). The number of carboxylic acids is 1. The van der Waals surface area contributed by atoms with Gasteiger partial charge < -0.3 is 24.1 Å². The number of urea groups is 1. The first-order valence-electron chi connectivity index (χ1n) is 11.3. The van der Waals surface area contributed by atoms with Gasteiger partial charge >= 0.3 is 12.0 Å². The molecular formula is C27H20N2O9. The second-order valence-corrected chi connectivity index (χ2v) is 8.17. The number of imide groups is 2. The van der Waals surface area contributed by atoms with Crippen molar-refractivity contribution in [3.8, 4) is 23.0 Å². The highest BCUT2D eigenvalue weighted by molar-refractivity contribution is 6.39. The van der Waals surface area contributed by atoms with Crippen LogP contribution in [0.3, 0.4) is 0 Å². The minimum atomic E-state index is -1.07. The molecule has 0 saturated carbocycles. The van der Waals surface area contributed by atoms with Crippen LogP contribution >= 0.6 is 0 Å². The summed E-state index contributed by atoms with van der Waals surface area (Å²) in [5, 5.41) is 11.4. The van der Waals surface area contributed by atoms with Crippen LogP contribution in [0, 0.1) is 0 Å². The molecule has 0 bridgehead atoms. The van der Waals surface area contributed by atoms with E-state index < -0.39 is 23.8 Å². The van der Waals surface area contributed by atoms with Crippen LogP contribution in [0.15, 0.2) is 66.2 Å². The Morgan fingerprint density at radius 1 is 1.05 bits per heavy atom. The number of carboxylic acid groups (broad SMARTS) is 1. The molecule has 0 aliphatic carbocycles. The standard InChI is InChI=1S/C27H20N2O9/c1-35-21-7-3-5-16(23(21)36-13-15-4-2-6-17(10-15)26(32)33)11-19-24(30)28-27(34)29(25(19)31)18-8-9-20-22(12-18)38-14-37-20/h2-12H,13-14H2,1H3,(H,32,33)(H,28,30,34)/b19-11+. The van der Waals surface area contributed by atoms with Crippen LogP contribution in [-0.2, 0) is 16.2 Å². The molecule has 0 atom stereocenters. The average molecular weight is 516 g/mol. The predicted octanol–water partition coefficient (Wildman–Crippen LogP) is 3.37. The Morgan fingerprint density at radius 2 is 1.84 bits per heavy atom. The lowest BCUT2D eigenvalue weighted by atomic mass is 10.1. The smallest absolute Gasteiger partial charge is 0.335 e. The Bertz CT molecular complexity index is 1510. The van der Waals surface area contributed by atoms with E-state index >= 15 is 0 Å². The van der Waals surface area contributed by atoms with Crippen molar-refractivity contribution < 1.29 is 43.2 Å². The zero-order chi connectivity index (χ0) is 26.8. The number of nitrogens with zero attached hydrogens (tertiary/aromatic N) is 1. The van der Waals surface area contributed by atoms with Gasteiger partial charge in [0.1, 0.15) is 12.2 Å². The number of barbiturate groups is 1. The minimum absolute atomic E-state index is 0.0143. The third-order valence-electron chi connectivity index (χ3n) is 5.80. The lowest BCUT2D eigenvalue weighted by Gasteiger charge is -2.26. The molecule has 1 fully saturated rings. The van der Waals surface area contributed by atoms with Gasteiger partial charge in [-0.2, -0.15) is 0 Å². The average Bonchev–Trinajstić information content (AvgIpc) is 3.38. The fraction of sp³-hybridized carbons (Fsp3) is 0.111. The van der Waals surface area contributed by atoms with Gasteiger partial charge in [-0.3, -0.25) is 14.9 Å². The predicted molar refractivity (Wildman–Crippen MR) is 132 cm³/mol. The molecule has 2 aliphatic heterocycles. The summed E-state index contributed by atoms with van der Waals surface area (Å²) in [6, 6.07) is 14.8. The Morgan fingerprint density at radius 3 is 2.63 bits per heavy atom. The maximum Gasteiger partial charge on any atom is 0.335 e. The van der Waals surface area contributed by atoms with Crippen molar-refractivity contribution in [2.24, 2.45) is 0 Å². The fourth-order valence-electron chi connectivity index (χ4n) is 3.98. The Kier molecular flexibility index (Phi) is 6.40. The first-order chi connectivity index (χ1) is 18.4. The van der Waals surface area contributed by atoms with Crippen LogP contribution < -0.4 is 29.2 Å². The number of carbonyl (C=O) groups excluding carboxylic acids is 3. The molecule has 38 heavy (non-hydrogen) atoms. The van der Waals surface area contributed by atoms with E-state index in [4.69, 9.17) is 18.9 Å². The highest BCUT2D eigenvalue weighted by atomic mass is 16.7. The lowest BCUT2D eigenvalue weighted by Crippen LogP contribution is -2.54. The maximum atomic E-state index is 13.4. The van der Waals surface area contributed by atoms with E-state index in [-0.39, 0.29) is 36.0 Å². The van der Waals surface area contributed by atoms with Crippen molar-refractivity contribution >= 4 is 35.6 Å². The van der Waals surface area contributed by atoms with Crippen LogP contribution in [0.4, 0.5) is 10.5 Å². The van der Waals surface area contributed by atoms with Gasteiger partial charge in [-0.05, 0) is 42.0 Å². The largest absolute Gasteiger partial charge is 0.493 e. The second-order valence-electron chi connectivity index (χ2n) is 8.17. The Labute approximate surface area is 215 Å². The van der Waals surface area contributed by atoms with Gasteiger partial charge in [-0.1, -0.05) is 24.3 Å². The number of fused-ring (bicyclic) bond motifs is 1. The number of para-hydroxylation sites is 1. The maximum absolute atomic E-state index is 13.4. The molecule has 11 nitrogen and oxygen atoms in total. The van der Waals surface area contributed by atoms with Crippen molar-refractivity contribution in [3.63, 3.8) is 0 Å². The Hall–Kier alpha value is -5.32. The molecule has 2 heterocycles. The lowest BCUT2D eigenvalue weighted by molar-refractivity contribution is -0.122. The SMILES string of the molecule is COc1cccc(/C=C2\C(=O)NC(=O)N(c3ccc4c(c3)OCO4)C2=O)c1OCc1cccc(C(=O)O)c1. The number of ether oxygens (including phenoxy) is 4. The number of amides is 4. The molecule has 192 valence electrons. The highest BCUT2D eigenvalue weighted by Gasteiger charge is 2.37. The molecular weight excluding hydrogens is 496 g/mol. The normalized spacial score (nSPS) is 15.4. The summed E-state index contributed by atoms with van der Waals surface area (Å²) >= 11 is 0. The van der Waals surface area contributed by atoms with E-state index in [2.05, 4.69) is 5.32 Å². The van der Waals surface area contributed by atoms with E-state index in [1.807, 2.05) is 0 Å². The Balaban J connectivity index is 1.48. The van der Waals surface area contributed by atoms with E-state index in [0.29, 0.717) is 28.4 Å². The number of carbonyl (C=O) groups is 4. The van der Waals surface area contributed by atoms with Crippen molar-refractivity contribution in [1.82, 2.24) is 5.32 Å².